The van der Waals surface area contributed by atoms with E-state index < -0.39 is 14.1 Å². The fraction of sp³-hybridized carbons (Fsp3) is 0.667. The molecule has 0 radical (unpaired) electrons. The lowest BCUT2D eigenvalue weighted by Crippen LogP contribution is -2.57. The Morgan fingerprint density at radius 2 is 1.94 bits per heavy atom. The summed E-state index contributed by atoms with van der Waals surface area (Å²) in [5.41, 5.74) is 1.15. The molecule has 0 bridgehead atoms. The van der Waals surface area contributed by atoms with Crippen molar-refractivity contribution in [2.24, 2.45) is 5.92 Å². The first kappa shape index (κ1) is 26.3. The highest BCUT2D eigenvalue weighted by Gasteiger charge is 2.51. The van der Waals surface area contributed by atoms with Crippen LogP contribution < -0.4 is 0 Å². The second kappa shape index (κ2) is 10.5. The summed E-state index contributed by atoms with van der Waals surface area (Å²) in [6.07, 6.45) is 3.25. The number of hydrogen-bond acceptors (Lipinski definition) is 5. The van der Waals surface area contributed by atoms with E-state index in [0.29, 0.717) is 26.1 Å². The van der Waals surface area contributed by atoms with E-state index in [-0.39, 0.29) is 41.5 Å². The standard InChI is InChI=1S/C27H42O5Si/c1-8-23-14-22(28)16-27(30-23)17-24(32-33(6,7)26(3,4)5)15-25(31-27)20(2)18-29-19-21-12-10-9-11-13-21/h8-13,20,23-25H,1,14-19H2,2-7H3/t20-,23-,24?,25+,27+/m0/s1. The normalized spacial score (nSPS) is 29.8. The molecule has 2 aliphatic rings. The largest absolute Gasteiger partial charge is 0.414 e. The summed E-state index contributed by atoms with van der Waals surface area (Å²) in [7, 11) is -2.00. The van der Waals surface area contributed by atoms with E-state index in [9.17, 15) is 4.79 Å². The molecule has 5 atom stereocenters. The number of rotatable bonds is 8. The number of ether oxygens (including phenoxy) is 3. The fourth-order valence-corrected chi connectivity index (χ4v) is 5.78. The summed E-state index contributed by atoms with van der Waals surface area (Å²) >= 11 is 0. The Hall–Kier alpha value is -1.31. The van der Waals surface area contributed by atoms with Gasteiger partial charge in [-0.3, -0.25) is 4.79 Å². The molecule has 2 heterocycles. The second-order valence-electron chi connectivity index (χ2n) is 11.3. The lowest BCUT2D eigenvalue weighted by atomic mass is 9.87. The number of carbonyl (C=O) groups is 1. The molecule has 0 N–H and O–H groups in total. The van der Waals surface area contributed by atoms with E-state index in [1.807, 2.05) is 18.2 Å². The van der Waals surface area contributed by atoms with Crippen molar-refractivity contribution >= 4 is 14.1 Å². The van der Waals surface area contributed by atoms with Crippen LogP contribution in [0.2, 0.25) is 18.1 Å². The van der Waals surface area contributed by atoms with E-state index in [0.717, 1.165) is 12.0 Å². The van der Waals surface area contributed by atoms with Gasteiger partial charge in [-0.05, 0) is 30.1 Å². The average Bonchev–Trinajstić information content (AvgIpc) is 2.72. The molecular weight excluding hydrogens is 432 g/mol. The summed E-state index contributed by atoms with van der Waals surface area (Å²) in [5, 5.41) is 0.102. The average molecular weight is 475 g/mol. The van der Waals surface area contributed by atoms with Crippen LogP contribution in [0, 0.1) is 5.92 Å². The van der Waals surface area contributed by atoms with Crippen LogP contribution in [-0.4, -0.2) is 44.8 Å². The molecule has 184 valence electrons. The molecule has 1 unspecified atom stereocenters. The van der Waals surface area contributed by atoms with Crippen molar-refractivity contribution in [1.29, 1.82) is 0 Å². The zero-order valence-electron chi connectivity index (χ0n) is 21.3. The first-order chi connectivity index (χ1) is 15.4. The number of Topliss-reactive ketones (excluding diaryl/α,β-unsaturated/α-hetero) is 1. The van der Waals surface area contributed by atoms with Gasteiger partial charge in [0, 0.05) is 18.8 Å². The van der Waals surface area contributed by atoms with Gasteiger partial charge >= 0.3 is 0 Å². The monoisotopic (exact) mass is 474 g/mol. The maximum atomic E-state index is 12.6. The van der Waals surface area contributed by atoms with E-state index in [1.165, 1.54) is 0 Å². The summed E-state index contributed by atoms with van der Waals surface area (Å²) in [4.78, 5) is 12.6. The van der Waals surface area contributed by atoms with Crippen LogP contribution in [0.15, 0.2) is 43.0 Å². The summed E-state index contributed by atoms with van der Waals surface area (Å²) in [6.45, 7) is 18.4. The lowest BCUT2D eigenvalue weighted by molar-refractivity contribution is -0.318. The van der Waals surface area contributed by atoms with Crippen molar-refractivity contribution in [3.05, 3.63) is 48.6 Å². The minimum Gasteiger partial charge on any atom is -0.414 e. The summed E-state index contributed by atoms with van der Waals surface area (Å²) in [6, 6.07) is 10.2. The third-order valence-electron chi connectivity index (χ3n) is 7.32. The summed E-state index contributed by atoms with van der Waals surface area (Å²) < 4.78 is 25.8. The lowest BCUT2D eigenvalue weighted by Gasteiger charge is -2.50. The molecule has 2 aliphatic heterocycles. The summed E-state index contributed by atoms with van der Waals surface area (Å²) in [5.74, 6) is -0.650. The Bertz CT molecular complexity index is 802. The zero-order chi connectivity index (χ0) is 24.3. The van der Waals surface area contributed by atoms with Gasteiger partial charge in [-0.15, -0.1) is 6.58 Å². The molecule has 2 fully saturated rings. The van der Waals surface area contributed by atoms with Gasteiger partial charge in [-0.1, -0.05) is 64.1 Å². The van der Waals surface area contributed by atoms with Gasteiger partial charge in [0.05, 0.1) is 37.9 Å². The predicted octanol–water partition coefficient (Wildman–Crippen LogP) is 6.04. The maximum Gasteiger partial charge on any atom is 0.192 e. The van der Waals surface area contributed by atoms with Gasteiger partial charge in [-0.25, -0.2) is 0 Å². The Balaban J connectivity index is 1.74. The van der Waals surface area contributed by atoms with Crippen LogP contribution in [-0.2, 0) is 30.0 Å². The van der Waals surface area contributed by atoms with Gasteiger partial charge in [-0.2, -0.15) is 0 Å². The molecule has 0 saturated carbocycles. The number of benzene rings is 1. The van der Waals surface area contributed by atoms with Gasteiger partial charge < -0.3 is 18.6 Å². The van der Waals surface area contributed by atoms with Gasteiger partial charge in [0.15, 0.2) is 14.1 Å². The fourth-order valence-electron chi connectivity index (χ4n) is 4.41. The Morgan fingerprint density at radius 1 is 1.24 bits per heavy atom. The molecule has 0 aliphatic carbocycles. The first-order valence-corrected chi connectivity index (χ1v) is 15.1. The molecule has 1 spiro atoms. The van der Waals surface area contributed by atoms with E-state index in [4.69, 9.17) is 18.6 Å². The molecule has 1 aromatic carbocycles. The highest BCUT2D eigenvalue weighted by Crippen LogP contribution is 2.44. The SMILES string of the molecule is C=C[C@H]1CC(=O)C[C@@]2(CC(O[Si](C)(C)C(C)(C)C)C[C@H]([C@@H](C)COCc3ccccc3)O2)O1. The Labute approximate surface area is 201 Å². The molecular formula is C27H42O5Si. The van der Waals surface area contributed by atoms with Crippen molar-refractivity contribution in [3.63, 3.8) is 0 Å². The van der Waals surface area contributed by atoms with Crippen molar-refractivity contribution in [2.75, 3.05) is 6.61 Å². The van der Waals surface area contributed by atoms with Crippen molar-refractivity contribution in [2.45, 2.75) is 102 Å². The van der Waals surface area contributed by atoms with Crippen LogP contribution in [0.3, 0.4) is 0 Å². The van der Waals surface area contributed by atoms with Crippen LogP contribution >= 0.6 is 0 Å². The minimum atomic E-state index is -2.00. The first-order valence-electron chi connectivity index (χ1n) is 12.2. The maximum absolute atomic E-state index is 12.6. The number of hydrogen-bond donors (Lipinski definition) is 0. The minimum absolute atomic E-state index is 0.0161. The van der Waals surface area contributed by atoms with Gasteiger partial charge in [0.25, 0.3) is 0 Å². The van der Waals surface area contributed by atoms with Crippen LogP contribution in [0.5, 0.6) is 0 Å². The molecule has 1 aromatic rings. The number of ketones is 1. The van der Waals surface area contributed by atoms with Crippen LogP contribution in [0.4, 0.5) is 0 Å². The van der Waals surface area contributed by atoms with Crippen molar-refractivity contribution in [1.82, 2.24) is 0 Å². The molecule has 33 heavy (non-hydrogen) atoms. The highest BCUT2D eigenvalue weighted by atomic mass is 28.4. The smallest absolute Gasteiger partial charge is 0.192 e. The van der Waals surface area contributed by atoms with Crippen LogP contribution in [0.1, 0.15) is 58.9 Å². The highest BCUT2D eigenvalue weighted by molar-refractivity contribution is 6.74. The van der Waals surface area contributed by atoms with Gasteiger partial charge in [0.2, 0.25) is 0 Å². The number of carbonyl (C=O) groups excluding carboxylic acids is 1. The van der Waals surface area contributed by atoms with Crippen molar-refractivity contribution in [3.8, 4) is 0 Å². The third kappa shape index (κ3) is 6.86. The molecule has 0 aromatic heterocycles. The van der Waals surface area contributed by atoms with Crippen molar-refractivity contribution < 1.29 is 23.4 Å². The Kier molecular flexibility index (Phi) is 8.39. The third-order valence-corrected chi connectivity index (χ3v) is 11.9. The van der Waals surface area contributed by atoms with Gasteiger partial charge in [0.1, 0.15) is 5.78 Å². The molecule has 6 heteroatoms. The molecule has 0 amide bonds. The second-order valence-corrected chi connectivity index (χ2v) is 16.1. The van der Waals surface area contributed by atoms with E-state index >= 15 is 0 Å². The topological polar surface area (TPSA) is 54.0 Å². The predicted molar refractivity (Wildman–Crippen MR) is 133 cm³/mol. The quantitative estimate of drug-likeness (QED) is 0.340. The molecule has 2 saturated heterocycles. The van der Waals surface area contributed by atoms with E-state index in [2.05, 4.69) is 59.5 Å². The van der Waals surface area contributed by atoms with Crippen LogP contribution in [0.25, 0.3) is 0 Å². The zero-order valence-corrected chi connectivity index (χ0v) is 22.3. The van der Waals surface area contributed by atoms with E-state index in [1.54, 1.807) is 6.08 Å². The molecule has 3 rings (SSSR count). The Morgan fingerprint density at radius 3 is 2.58 bits per heavy atom. The molecule has 5 nitrogen and oxygen atoms in total.